The summed E-state index contributed by atoms with van der Waals surface area (Å²) in [6.45, 7) is 12.1. The van der Waals surface area contributed by atoms with Crippen LogP contribution in [-0.2, 0) is 0 Å². The van der Waals surface area contributed by atoms with Crippen molar-refractivity contribution in [1.82, 2.24) is 0 Å². The molecule has 0 unspecified atom stereocenters. The summed E-state index contributed by atoms with van der Waals surface area (Å²) in [6.07, 6.45) is 5.54. The highest BCUT2D eigenvalue weighted by Gasteiger charge is 1.97. The average Bonchev–Trinajstić information content (AvgIpc) is 2.10. The minimum atomic E-state index is 1.08. The van der Waals surface area contributed by atoms with E-state index in [0.29, 0.717) is 0 Å². The van der Waals surface area contributed by atoms with Gasteiger partial charge in [-0.25, -0.2) is 0 Å². The van der Waals surface area contributed by atoms with Crippen molar-refractivity contribution in [3.8, 4) is 0 Å². The fourth-order valence-corrected chi connectivity index (χ4v) is 1.33. The summed E-state index contributed by atoms with van der Waals surface area (Å²) in [5.74, 6) is 0. The van der Waals surface area contributed by atoms with Crippen LogP contribution in [0.4, 0.5) is 0 Å². The van der Waals surface area contributed by atoms with Crippen LogP contribution >= 0.6 is 11.8 Å². The zero-order valence-electron chi connectivity index (χ0n) is 8.10. The molecule has 0 heterocycles. The molecule has 0 aliphatic heterocycles. The van der Waals surface area contributed by atoms with Crippen molar-refractivity contribution in [2.24, 2.45) is 0 Å². The number of rotatable bonds is 6. The van der Waals surface area contributed by atoms with E-state index in [9.17, 15) is 0 Å². The van der Waals surface area contributed by atoms with E-state index in [2.05, 4.69) is 20.1 Å². The molecule has 0 rings (SSSR count). The number of hydrogen-bond donors (Lipinski definition) is 0. The lowest BCUT2D eigenvalue weighted by atomic mass is 10.1. The SMILES string of the molecule is C=C(CCCC)C(=C)S/C=C\C. The molecule has 0 aromatic rings. The minimum Gasteiger partial charge on any atom is -0.0988 e. The van der Waals surface area contributed by atoms with E-state index in [0.717, 1.165) is 11.3 Å². The third-order valence-corrected chi connectivity index (χ3v) is 2.55. The average molecular weight is 182 g/mol. The van der Waals surface area contributed by atoms with Gasteiger partial charge in [-0.2, -0.15) is 0 Å². The van der Waals surface area contributed by atoms with Gasteiger partial charge in [0.2, 0.25) is 0 Å². The zero-order chi connectivity index (χ0) is 9.40. The van der Waals surface area contributed by atoms with Gasteiger partial charge in [0.05, 0.1) is 0 Å². The van der Waals surface area contributed by atoms with Crippen LogP contribution in [0.25, 0.3) is 0 Å². The Labute approximate surface area is 80.4 Å². The number of thioether (sulfide) groups is 1. The molecule has 1 heteroatoms. The van der Waals surface area contributed by atoms with Crippen LogP contribution in [0.2, 0.25) is 0 Å². The van der Waals surface area contributed by atoms with Gasteiger partial charge < -0.3 is 0 Å². The Morgan fingerprint density at radius 1 is 1.42 bits per heavy atom. The molecule has 0 nitrogen and oxygen atoms in total. The predicted octanol–water partition coefficient (Wildman–Crippen LogP) is 4.51. The normalized spacial score (nSPS) is 10.5. The van der Waals surface area contributed by atoms with Crippen LogP contribution in [-0.4, -0.2) is 0 Å². The van der Waals surface area contributed by atoms with Crippen LogP contribution in [0.1, 0.15) is 33.1 Å². The first-order chi connectivity index (χ1) is 5.72. The molecule has 0 saturated carbocycles. The maximum absolute atomic E-state index is 3.99. The topological polar surface area (TPSA) is 0 Å². The Kier molecular flexibility index (Phi) is 6.97. The van der Waals surface area contributed by atoms with E-state index in [1.54, 1.807) is 11.8 Å². The van der Waals surface area contributed by atoms with Gasteiger partial charge in [0.25, 0.3) is 0 Å². The second-order valence-corrected chi connectivity index (χ2v) is 3.72. The lowest BCUT2D eigenvalue weighted by molar-refractivity contribution is 0.798. The van der Waals surface area contributed by atoms with E-state index in [4.69, 9.17) is 0 Å². The fourth-order valence-electron chi connectivity index (χ4n) is 0.763. The molecule has 12 heavy (non-hydrogen) atoms. The highest BCUT2D eigenvalue weighted by molar-refractivity contribution is 8.06. The number of hydrogen-bond acceptors (Lipinski definition) is 1. The lowest BCUT2D eigenvalue weighted by Crippen LogP contribution is -1.81. The molecule has 68 valence electrons. The van der Waals surface area contributed by atoms with Crippen molar-refractivity contribution in [3.05, 3.63) is 35.1 Å². The second kappa shape index (κ2) is 7.23. The largest absolute Gasteiger partial charge is 0.0988 e. The molecule has 0 aliphatic carbocycles. The quantitative estimate of drug-likeness (QED) is 0.544. The standard InChI is InChI=1S/C11H18S/c1-5-7-8-10(3)11(4)12-9-6-2/h6,9H,3-5,7-8H2,1-2H3/b9-6-. The third kappa shape index (κ3) is 5.25. The number of allylic oxidation sites excluding steroid dienone is 2. The van der Waals surface area contributed by atoms with Crippen molar-refractivity contribution >= 4 is 11.8 Å². The summed E-state index contributed by atoms with van der Waals surface area (Å²) in [6, 6.07) is 0. The van der Waals surface area contributed by atoms with Gasteiger partial charge in [-0.15, -0.1) is 0 Å². The first kappa shape index (κ1) is 11.6. The molecule has 0 radical (unpaired) electrons. The molecule has 0 fully saturated rings. The van der Waals surface area contributed by atoms with E-state index >= 15 is 0 Å². The van der Waals surface area contributed by atoms with Crippen molar-refractivity contribution < 1.29 is 0 Å². The summed E-state index contributed by atoms with van der Waals surface area (Å²) < 4.78 is 0. The summed E-state index contributed by atoms with van der Waals surface area (Å²) in [5, 5.41) is 2.04. The second-order valence-electron chi connectivity index (χ2n) is 2.72. The zero-order valence-corrected chi connectivity index (χ0v) is 8.91. The van der Waals surface area contributed by atoms with Gasteiger partial charge in [-0.05, 0) is 30.7 Å². The summed E-state index contributed by atoms with van der Waals surface area (Å²) in [5.41, 5.74) is 1.18. The van der Waals surface area contributed by atoms with Crippen LogP contribution in [0.5, 0.6) is 0 Å². The summed E-state index contributed by atoms with van der Waals surface area (Å²) >= 11 is 1.66. The Bertz CT molecular complexity index is 177. The minimum absolute atomic E-state index is 1.08. The Morgan fingerprint density at radius 3 is 2.58 bits per heavy atom. The lowest BCUT2D eigenvalue weighted by Gasteiger charge is -2.04. The number of unbranched alkanes of at least 4 members (excludes halogenated alkanes) is 1. The highest BCUT2D eigenvalue weighted by atomic mass is 32.2. The van der Waals surface area contributed by atoms with Crippen molar-refractivity contribution in [3.63, 3.8) is 0 Å². The van der Waals surface area contributed by atoms with Gasteiger partial charge in [-0.3, -0.25) is 0 Å². The summed E-state index contributed by atoms with van der Waals surface area (Å²) in [7, 11) is 0. The van der Waals surface area contributed by atoms with Gasteiger partial charge in [0.1, 0.15) is 0 Å². The highest BCUT2D eigenvalue weighted by Crippen LogP contribution is 2.25. The van der Waals surface area contributed by atoms with Gasteiger partial charge in [0, 0.05) is 4.91 Å². The van der Waals surface area contributed by atoms with Crippen LogP contribution in [0, 0.1) is 0 Å². The third-order valence-electron chi connectivity index (χ3n) is 1.57. The Hall–Kier alpha value is -0.430. The van der Waals surface area contributed by atoms with Crippen LogP contribution < -0.4 is 0 Å². The molecule has 0 bridgehead atoms. The smallest absolute Gasteiger partial charge is 0.00699 e. The summed E-state index contributed by atoms with van der Waals surface area (Å²) in [4.78, 5) is 1.10. The van der Waals surface area contributed by atoms with Crippen molar-refractivity contribution in [2.75, 3.05) is 0 Å². The molecule has 0 spiro atoms. The van der Waals surface area contributed by atoms with Crippen LogP contribution in [0.3, 0.4) is 0 Å². The van der Waals surface area contributed by atoms with Gasteiger partial charge in [0.15, 0.2) is 0 Å². The van der Waals surface area contributed by atoms with E-state index in [1.165, 1.54) is 18.4 Å². The molecular weight excluding hydrogens is 164 g/mol. The maximum Gasteiger partial charge on any atom is 0.00699 e. The van der Waals surface area contributed by atoms with Gasteiger partial charge in [-0.1, -0.05) is 44.3 Å². The molecule has 0 atom stereocenters. The molecule has 0 aromatic carbocycles. The monoisotopic (exact) mass is 182 g/mol. The van der Waals surface area contributed by atoms with Crippen molar-refractivity contribution in [2.45, 2.75) is 33.1 Å². The Balaban J connectivity index is 3.69. The predicted molar refractivity (Wildman–Crippen MR) is 60.2 cm³/mol. The first-order valence-electron chi connectivity index (χ1n) is 4.37. The first-order valence-corrected chi connectivity index (χ1v) is 5.25. The Morgan fingerprint density at radius 2 is 2.08 bits per heavy atom. The van der Waals surface area contributed by atoms with Crippen LogP contribution in [0.15, 0.2) is 35.1 Å². The van der Waals surface area contributed by atoms with Crippen molar-refractivity contribution in [1.29, 1.82) is 0 Å². The molecule has 0 aromatic heterocycles. The van der Waals surface area contributed by atoms with E-state index < -0.39 is 0 Å². The van der Waals surface area contributed by atoms with E-state index in [1.807, 2.05) is 18.4 Å². The van der Waals surface area contributed by atoms with Gasteiger partial charge >= 0.3 is 0 Å². The molecule has 0 amide bonds. The molecule has 0 N–H and O–H groups in total. The van der Waals surface area contributed by atoms with E-state index in [-0.39, 0.29) is 0 Å². The maximum atomic E-state index is 3.99. The molecule has 0 aliphatic rings. The fraction of sp³-hybridized carbons (Fsp3) is 0.455. The molecular formula is C11H18S. The molecule has 0 saturated heterocycles.